The van der Waals surface area contributed by atoms with Crippen molar-refractivity contribution in [2.75, 3.05) is 13.6 Å². The third kappa shape index (κ3) is 4.00. The number of hydrogen-bond donors (Lipinski definition) is 1. The summed E-state index contributed by atoms with van der Waals surface area (Å²) in [5, 5.41) is 3.34. The summed E-state index contributed by atoms with van der Waals surface area (Å²) in [4.78, 5) is 13.5. The van der Waals surface area contributed by atoms with Gasteiger partial charge in [0, 0.05) is 19.1 Å². The number of carbonyl (C=O) groups excluding carboxylic acids is 1. The number of hydrogen-bond acceptors (Lipinski definition) is 3. The van der Waals surface area contributed by atoms with Gasteiger partial charge in [-0.1, -0.05) is 0 Å². The number of carbonyl (C=O) groups is 1. The van der Waals surface area contributed by atoms with Gasteiger partial charge in [0.1, 0.15) is 5.60 Å². The third-order valence-electron chi connectivity index (χ3n) is 2.89. The molecule has 0 aromatic heterocycles. The lowest BCUT2D eigenvalue weighted by Gasteiger charge is -2.34. The molecule has 1 N–H and O–H groups in total. The number of amides is 1. The van der Waals surface area contributed by atoms with Gasteiger partial charge < -0.3 is 15.0 Å². The highest BCUT2D eigenvalue weighted by molar-refractivity contribution is 5.68. The fourth-order valence-corrected chi connectivity index (χ4v) is 1.63. The van der Waals surface area contributed by atoms with E-state index in [0.29, 0.717) is 6.04 Å². The van der Waals surface area contributed by atoms with Crippen molar-refractivity contribution in [3.05, 3.63) is 0 Å². The predicted octanol–water partition coefficient (Wildman–Crippen LogP) is 1.99. The van der Waals surface area contributed by atoms with Gasteiger partial charge in [-0.3, -0.25) is 0 Å². The molecule has 2 unspecified atom stereocenters. The largest absolute Gasteiger partial charge is 0.444 e. The highest BCUT2D eigenvalue weighted by Crippen LogP contribution is 2.15. The second kappa shape index (κ2) is 5.04. The summed E-state index contributed by atoms with van der Waals surface area (Å²) in [7, 11) is 1.80. The number of rotatable bonds is 3. The van der Waals surface area contributed by atoms with E-state index in [1.165, 1.54) is 6.42 Å². The van der Waals surface area contributed by atoms with E-state index in [4.69, 9.17) is 4.74 Å². The SMILES string of the molecule is CC(CC1CCN1)N(C)C(=O)OC(C)(C)C. The van der Waals surface area contributed by atoms with Gasteiger partial charge in [-0.2, -0.15) is 0 Å². The number of ether oxygens (including phenoxy) is 1. The quantitative estimate of drug-likeness (QED) is 0.803. The number of nitrogens with one attached hydrogen (secondary N) is 1. The van der Waals surface area contributed by atoms with E-state index in [2.05, 4.69) is 12.2 Å². The molecule has 1 aliphatic rings. The van der Waals surface area contributed by atoms with Crippen molar-refractivity contribution < 1.29 is 9.53 Å². The molecule has 1 heterocycles. The van der Waals surface area contributed by atoms with Crippen molar-refractivity contribution in [2.24, 2.45) is 0 Å². The van der Waals surface area contributed by atoms with Gasteiger partial charge in [0.2, 0.25) is 0 Å². The Bertz CT molecular complexity index is 244. The summed E-state index contributed by atoms with van der Waals surface area (Å²) in [5.74, 6) is 0. The lowest BCUT2D eigenvalue weighted by molar-refractivity contribution is 0.0215. The van der Waals surface area contributed by atoms with Crippen LogP contribution in [-0.4, -0.2) is 42.3 Å². The molecule has 1 saturated heterocycles. The molecule has 94 valence electrons. The molecule has 1 rings (SSSR count). The highest BCUT2D eigenvalue weighted by atomic mass is 16.6. The molecule has 0 bridgehead atoms. The molecule has 0 spiro atoms. The summed E-state index contributed by atoms with van der Waals surface area (Å²) >= 11 is 0. The van der Waals surface area contributed by atoms with E-state index >= 15 is 0 Å². The summed E-state index contributed by atoms with van der Waals surface area (Å²) < 4.78 is 5.32. The van der Waals surface area contributed by atoms with E-state index < -0.39 is 5.60 Å². The fraction of sp³-hybridized carbons (Fsp3) is 0.917. The minimum Gasteiger partial charge on any atom is -0.444 e. The van der Waals surface area contributed by atoms with Crippen molar-refractivity contribution in [3.8, 4) is 0 Å². The van der Waals surface area contributed by atoms with Crippen LogP contribution in [0.1, 0.15) is 40.5 Å². The summed E-state index contributed by atoms with van der Waals surface area (Å²) in [6.07, 6.45) is 1.97. The predicted molar refractivity (Wildman–Crippen MR) is 64.5 cm³/mol. The van der Waals surface area contributed by atoms with E-state index in [0.717, 1.165) is 13.0 Å². The lowest BCUT2D eigenvalue weighted by atomic mass is 9.99. The van der Waals surface area contributed by atoms with Gasteiger partial charge in [-0.25, -0.2) is 4.79 Å². The molecular formula is C12H24N2O2. The Labute approximate surface area is 98.3 Å². The van der Waals surface area contributed by atoms with Crippen LogP contribution < -0.4 is 5.32 Å². The molecule has 0 aromatic carbocycles. The first-order chi connectivity index (χ1) is 7.29. The molecule has 1 amide bonds. The van der Waals surface area contributed by atoms with Gasteiger partial charge in [-0.15, -0.1) is 0 Å². The molecule has 0 aliphatic carbocycles. The van der Waals surface area contributed by atoms with E-state index in [1.807, 2.05) is 20.8 Å². The summed E-state index contributed by atoms with van der Waals surface area (Å²) in [6, 6.07) is 0.785. The van der Waals surface area contributed by atoms with Crippen molar-refractivity contribution in [1.82, 2.24) is 10.2 Å². The Morgan fingerprint density at radius 2 is 2.12 bits per heavy atom. The Morgan fingerprint density at radius 3 is 2.50 bits per heavy atom. The molecule has 0 aromatic rings. The standard InChI is InChI=1S/C12H24N2O2/c1-9(8-10-6-7-13-10)14(5)11(15)16-12(2,3)4/h9-10,13H,6-8H2,1-5H3. The zero-order chi connectivity index (χ0) is 12.3. The smallest absolute Gasteiger partial charge is 0.410 e. The molecule has 4 nitrogen and oxygen atoms in total. The van der Waals surface area contributed by atoms with Crippen LogP contribution in [-0.2, 0) is 4.74 Å². The van der Waals surface area contributed by atoms with Crippen LogP contribution in [0.25, 0.3) is 0 Å². The molecule has 4 heteroatoms. The maximum atomic E-state index is 11.8. The molecular weight excluding hydrogens is 204 g/mol. The van der Waals surface area contributed by atoms with Crippen LogP contribution in [0, 0.1) is 0 Å². The summed E-state index contributed by atoms with van der Waals surface area (Å²) in [6.45, 7) is 8.82. The van der Waals surface area contributed by atoms with Crippen molar-refractivity contribution in [1.29, 1.82) is 0 Å². The van der Waals surface area contributed by atoms with Gasteiger partial charge in [0.15, 0.2) is 0 Å². The summed E-state index contributed by atoms with van der Waals surface area (Å²) in [5.41, 5.74) is -0.417. The first kappa shape index (κ1) is 13.3. The Morgan fingerprint density at radius 1 is 1.56 bits per heavy atom. The lowest BCUT2D eigenvalue weighted by Crippen LogP contribution is -2.48. The second-order valence-corrected chi connectivity index (χ2v) is 5.62. The van der Waals surface area contributed by atoms with Crippen LogP contribution in [0.4, 0.5) is 4.79 Å². The topological polar surface area (TPSA) is 41.6 Å². The first-order valence-corrected chi connectivity index (χ1v) is 5.99. The number of nitrogens with zero attached hydrogens (tertiary/aromatic N) is 1. The fourth-order valence-electron chi connectivity index (χ4n) is 1.63. The molecule has 2 atom stereocenters. The van der Waals surface area contributed by atoms with E-state index in [-0.39, 0.29) is 12.1 Å². The molecule has 0 radical (unpaired) electrons. The van der Waals surface area contributed by atoms with Crippen LogP contribution >= 0.6 is 0 Å². The van der Waals surface area contributed by atoms with Crippen molar-refractivity contribution >= 4 is 6.09 Å². The maximum absolute atomic E-state index is 11.8. The Kier molecular flexibility index (Phi) is 4.19. The Hall–Kier alpha value is -0.770. The van der Waals surface area contributed by atoms with Crippen LogP contribution in [0.2, 0.25) is 0 Å². The second-order valence-electron chi connectivity index (χ2n) is 5.62. The monoisotopic (exact) mass is 228 g/mol. The van der Waals surface area contributed by atoms with Crippen molar-refractivity contribution in [2.45, 2.75) is 58.2 Å². The van der Waals surface area contributed by atoms with Crippen LogP contribution in [0.3, 0.4) is 0 Å². The minimum atomic E-state index is -0.417. The zero-order valence-corrected chi connectivity index (χ0v) is 11.0. The zero-order valence-electron chi connectivity index (χ0n) is 11.0. The molecule has 1 aliphatic heterocycles. The van der Waals surface area contributed by atoms with Gasteiger partial charge in [-0.05, 0) is 47.1 Å². The third-order valence-corrected chi connectivity index (χ3v) is 2.89. The average Bonchev–Trinajstić information content (AvgIpc) is 2.06. The van der Waals surface area contributed by atoms with Crippen molar-refractivity contribution in [3.63, 3.8) is 0 Å². The van der Waals surface area contributed by atoms with Gasteiger partial charge >= 0.3 is 6.09 Å². The molecule has 0 saturated carbocycles. The first-order valence-electron chi connectivity index (χ1n) is 5.99. The molecule has 16 heavy (non-hydrogen) atoms. The van der Waals surface area contributed by atoms with Crippen LogP contribution in [0.15, 0.2) is 0 Å². The van der Waals surface area contributed by atoms with E-state index in [1.54, 1.807) is 11.9 Å². The Balaban J connectivity index is 2.36. The van der Waals surface area contributed by atoms with Gasteiger partial charge in [0.25, 0.3) is 0 Å². The minimum absolute atomic E-state index is 0.215. The van der Waals surface area contributed by atoms with Gasteiger partial charge in [0.05, 0.1) is 0 Å². The van der Waals surface area contributed by atoms with E-state index in [9.17, 15) is 4.79 Å². The maximum Gasteiger partial charge on any atom is 0.410 e. The average molecular weight is 228 g/mol. The normalized spacial score (nSPS) is 22.2. The highest BCUT2D eigenvalue weighted by Gasteiger charge is 2.26. The van der Waals surface area contributed by atoms with Crippen LogP contribution in [0.5, 0.6) is 0 Å². The molecule has 1 fully saturated rings.